The first-order valence-electron chi connectivity index (χ1n) is 11.8. The van der Waals surface area contributed by atoms with Crippen molar-refractivity contribution in [2.24, 2.45) is 0 Å². The van der Waals surface area contributed by atoms with E-state index in [-0.39, 0.29) is 11.8 Å². The summed E-state index contributed by atoms with van der Waals surface area (Å²) in [5.41, 5.74) is 5.38. The van der Waals surface area contributed by atoms with E-state index in [1.807, 2.05) is 29.7 Å². The number of hydrogen-bond acceptors (Lipinski definition) is 4. The molecule has 2 amide bonds. The summed E-state index contributed by atoms with van der Waals surface area (Å²) in [7, 11) is 0. The molecule has 34 heavy (non-hydrogen) atoms. The molecule has 174 valence electrons. The van der Waals surface area contributed by atoms with Crippen LogP contribution in [0.1, 0.15) is 40.9 Å². The number of rotatable bonds is 6. The predicted octanol–water partition coefficient (Wildman–Crippen LogP) is 4.08. The second-order valence-corrected chi connectivity index (χ2v) is 9.05. The van der Waals surface area contributed by atoms with Crippen molar-refractivity contribution in [1.82, 2.24) is 24.7 Å². The fourth-order valence-corrected chi connectivity index (χ4v) is 5.03. The molecule has 2 fully saturated rings. The van der Waals surface area contributed by atoms with Crippen LogP contribution in [0.25, 0.3) is 21.6 Å². The maximum absolute atomic E-state index is 13.5. The van der Waals surface area contributed by atoms with Gasteiger partial charge < -0.3 is 14.8 Å². The smallest absolute Gasteiger partial charge is 0.317 e. The quantitative estimate of drug-likeness (QED) is 0.448. The van der Waals surface area contributed by atoms with Gasteiger partial charge in [-0.25, -0.2) is 9.64 Å². The number of likely N-dealkylation sites (tertiary alicyclic amines) is 1. The minimum absolute atomic E-state index is 0.0706. The van der Waals surface area contributed by atoms with Crippen molar-refractivity contribution in [2.45, 2.75) is 32.7 Å². The average Bonchev–Trinajstić information content (AvgIpc) is 3.39. The van der Waals surface area contributed by atoms with Crippen LogP contribution >= 0.6 is 0 Å². The highest BCUT2D eigenvalue weighted by Gasteiger charge is 2.25. The molecule has 0 radical (unpaired) electrons. The van der Waals surface area contributed by atoms with E-state index in [4.69, 9.17) is 11.6 Å². The number of benzene rings is 1. The number of Topliss-reactive ketones (excluding diaryl/α,β-unsaturated/α-hetero) is 1. The Labute approximate surface area is 199 Å². The van der Waals surface area contributed by atoms with Crippen molar-refractivity contribution in [3.05, 3.63) is 64.8 Å². The van der Waals surface area contributed by atoms with Crippen LogP contribution in [-0.2, 0) is 6.54 Å². The lowest BCUT2D eigenvalue weighted by molar-refractivity contribution is 0.0916. The van der Waals surface area contributed by atoms with E-state index in [1.165, 1.54) is 6.42 Å². The topological polar surface area (TPSA) is 74.8 Å². The van der Waals surface area contributed by atoms with Crippen LogP contribution < -0.4 is 5.32 Å². The number of carbonyl (C=O) groups excluding carboxylic acids is 2. The number of amides is 2. The van der Waals surface area contributed by atoms with Gasteiger partial charge in [0, 0.05) is 37.2 Å². The van der Waals surface area contributed by atoms with Gasteiger partial charge in [0.15, 0.2) is 11.5 Å². The van der Waals surface area contributed by atoms with Crippen LogP contribution in [0.5, 0.6) is 0 Å². The lowest BCUT2D eigenvalue weighted by Crippen LogP contribution is -2.34. The van der Waals surface area contributed by atoms with Gasteiger partial charge in [-0.1, -0.05) is 18.6 Å². The van der Waals surface area contributed by atoms with Crippen LogP contribution in [0.3, 0.4) is 0 Å². The molecule has 2 saturated heterocycles. The van der Waals surface area contributed by atoms with Gasteiger partial charge in [0.05, 0.1) is 29.7 Å². The summed E-state index contributed by atoms with van der Waals surface area (Å²) in [4.78, 5) is 37.8. The fraction of sp³-hybridized carbons (Fsp3) is 0.385. The number of carbonyl (C=O) groups is 2. The van der Waals surface area contributed by atoms with Crippen molar-refractivity contribution < 1.29 is 9.59 Å². The Hall–Kier alpha value is -3.70. The molecule has 1 aromatic carbocycles. The lowest BCUT2D eigenvalue weighted by Gasteiger charge is -2.25. The summed E-state index contributed by atoms with van der Waals surface area (Å²) in [5.74, 6) is 0.0834. The van der Waals surface area contributed by atoms with E-state index < -0.39 is 0 Å². The van der Waals surface area contributed by atoms with E-state index in [1.54, 1.807) is 23.2 Å². The number of hydrogen-bond donors (Lipinski definition) is 1. The molecule has 3 aromatic rings. The molecular weight excluding hydrogens is 428 g/mol. The summed E-state index contributed by atoms with van der Waals surface area (Å²) in [6.07, 6.45) is 5.26. The first-order valence-corrected chi connectivity index (χ1v) is 11.8. The van der Waals surface area contributed by atoms with Gasteiger partial charge in [-0.3, -0.25) is 14.7 Å². The van der Waals surface area contributed by atoms with Crippen LogP contribution in [0.2, 0.25) is 0 Å². The summed E-state index contributed by atoms with van der Waals surface area (Å²) < 4.78 is 2.05. The van der Waals surface area contributed by atoms with Gasteiger partial charge in [0.1, 0.15) is 0 Å². The van der Waals surface area contributed by atoms with Crippen molar-refractivity contribution in [3.63, 3.8) is 0 Å². The average molecular weight is 457 g/mol. The lowest BCUT2D eigenvalue weighted by atomic mass is 10.1. The molecule has 4 heterocycles. The van der Waals surface area contributed by atoms with E-state index in [0.29, 0.717) is 42.9 Å². The molecule has 0 spiro atoms. The van der Waals surface area contributed by atoms with Crippen molar-refractivity contribution in [2.75, 3.05) is 32.7 Å². The summed E-state index contributed by atoms with van der Waals surface area (Å²) in [6.45, 7) is 13.3. The third-order valence-electron chi connectivity index (χ3n) is 6.75. The minimum atomic E-state index is -0.0706. The molecule has 2 aliphatic rings. The number of nitrogens with zero attached hydrogens (tertiary/aromatic N) is 5. The van der Waals surface area contributed by atoms with Gasteiger partial charge in [-0.05, 0) is 56.6 Å². The minimum Gasteiger partial charge on any atom is -0.336 e. The number of pyridine rings is 1. The predicted molar refractivity (Wildman–Crippen MR) is 130 cm³/mol. The summed E-state index contributed by atoms with van der Waals surface area (Å²) in [6, 6.07) is 9.34. The molecule has 5 rings (SSSR count). The Kier molecular flexibility index (Phi) is 6.03. The zero-order valence-electron chi connectivity index (χ0n) is 19.4. The third-order valence-corrected chi connectivity index (χ3v) is 6.75. The van der Waals surface area contributed by atoms with E-state index in [2.05, 4.69) is 15.1 Å². The van der Waals surface area contributed by atoms with Crippen molar-refractivity contribution in [3.8, 4) is 5.69 Å². The number of urea groups is 1. The van der Waals surface area contributed by atoms with Crippen LogP contribution in [0, 0.1) is 13.5 Å². The molecule has 2 aromatic heterocycles. The number of fused-ring (bicyclic) bond motifs is 1. The van der Waals surface area contributed by atoms with Gasteiger partial charge in [0.2, 0.25) is 0 Å². The molecule has 0 unspecified atom stereocenters. The molecule has 1 N–H and O–H groups in total. The Morgan fingerprint density at radius 2 is 1.91 bits per heavy atom. The molecule has 8 heteroatoms. The molecule has 2 aliphatic heterocycles. The Balaban J connectivity index is 1.58. The molecule has 0 atom stereocenters. The number of piperidine rings is 1. The maximum Gasteiger partial charge on any atom is 0.317 e. The highest BCUT2D eigenvalue weighted by atomic mass is 16.2. The monoisotopic (exact) mass is 456 g/mol. The fourth-order valence-electron chi connectivity index (χ4n) is 5.03. The van der Waals surface area contributed by atoms with E-state index in [0.717, 1.165) is 48.4 Å². The Morgan fingerprint density at radius 3 is 2.59 bits per heavy atom. The molecule has 0 saturated carbocycles. The van der Waals surface area contributed by atoms with Gasteiger partial charge in [0.25, 0.3) is 0 Å². The SMILES string of the molecule is [C-]#[N+]c1ccc(-n2c(C)c(C(=O)CN3CCCCC3)c3ncc(CN4CCNC4=O)cc32)cc1. The summed E-state index contributed by atoms with van der Waals surface area (Å²) >= 11 is 0. The molecule has 8 nitrogen and oxygen atoms in total. The highest BCUT2D eigenvalue weighted by molar-refractivity contribution is 6.09. The Bertz CT molecular complexity index is 1280. The zero-order chi connectivity index (χ0) is 23.7. The second kappa shape index (κ2) is 9.27. The maximum atomic E-state index is 13.5. The van der Waals surface area contributed by atoms with Gasteiger partial charge in [-0.15, -0.1) is 0 Å². The van der Waals surface area contributed by atoms with E-state index in [9.17, 15) is 9.59 Å². The Morgan fingerprint density at radius 1 is 1.15 bits per heavy atom. The van der Waals surface area contributed by atoms with Crippen LogP contribution in [0.15, 0.2) is 36.5 Å². The number of nitrogens with one attached hydrogen (secondary N) is 1. The second-order valence-electron chi connectivity index (χ2n) is 9.05. The van der Waals surface area contributed by atoms with Gasteiger partial charge in [-0.2, -0.15) is 0 Å². The zero-order valence-corrected chi connectivity index (χ0v) is 19.4. The van der Waals surface area contributed by atoms with Crippen LogP contribution in [0.4, 0.5) is 10.5 Å². The summed E-state index contributed by atoms with van der Waals surface area (Å²) in [5, 5.41) is 2.83. The van der Waals surface area contributed by atoms with E-state index >= 15 is 0 Å². The number of ketones is 1. The molecular formula is C26H28N6O2. The molecule has 0 aliphatic carbocycles. The molecule has 0 bridgehead atoms. The largest absolute Gasteiger partial charge is 0.336 e. The normalized spacial score (nSPS) is 16.6. The third kappa shape index (κ3) is 4.15. The first kappa shape index (κ1) is 22.1. The highest BCUT2D eigenvalue weighted by Crippen LogP contribution is 2.30. The number of aromatic nitrogens is 2. The van der Waals surface area contributed by atoms with Crippen molar-refractivity contribution in [1.29, 1.82) is 0 Å². The first-order chi connectivity index (χ1) is 16.5. The van der Waals surface area contributed by atoms with Crippen LogP contribution in [-0.4, -0.2) is 63.9 Å². The van der Waals surface area contributed by atoms with Crippen molar-refractivity contribution >= 4 is 28.5 Å². The standard InChI is InChI=1S/C26H28N6O2/c1-18-24(23(33)17-30-11-4-3-5-12-30)25-22(32(18)21-8-6-20(27-2)7-9-21)14-19(15-29-25)16-31-13-10-28-26(31)34/h6-9,14-15H,3-5,10-13,16-17H2,1H3,(H,28,34). The van der Waals surface area contributed by atoms with Gasteiger partial charge >= 0.3 is 6.03 Å².